The van der Waals surface area contributed by atoms with E-state index in [1.807, 2.05) is 71.6 Å². The number of carbonyl (C=O) groups excluding carboxylic acids is 2. The minimum absolute atomic E-state index is 0.0185. The Hall–Kier alpha value is -4.43. The highest BCUT2D eigenvalue weighted by molar-refractivity contribution is 6.30. The molecule has 8 nitrogen and oxygen atoms in total. The van der Waals surface area contributed by atoms with Crippen molar-refractivity contribution < 1.29 is 14.3 Å². The fourth-order valence-corrected chi connectivity index (χ4v) is 5.13. The molecule has 0 saturated carbocycles. The van der Waals surface area contributed by atoms with Crippen LogP contribution in [0, 0.1) is 0 Å². The fraction of sp³-hybridized carbons (Fsp3) is 0.273. The van der Waals surface area contributed by atoms with Crippen LogP contribution in [0.4, 0.5) is 5.82 Å². The number of halogens is 1. The van der Waals surface area contributed by atoms with Crippen molar-refractivity contribution in [1.29, 1.82) is 0 Å². The van der Waals surface area contributed by atoms with Gasteiger partial charge in [0.25, 0.3) is 5.91 Å². The first kappa shape index (κ1) is 29.1. The normalized spacial score (nSPS) is 13.4. The molecule has 0 N–H and O–H groups in total. The zero-order valence-electron chi connectivity index (χ0n) is 23.7. The molecule has 0 bridgehead atoms. The van der Waals surface area contributed by atoms with E-state index in [0.717, 1.165) is 41.4 Å². The number of hydrogen-bond donors (Lipinski definition) is 0. The molecule has 0 spiro atoms. The number of benzene rings is 3. The van der Waals surface area contributed by atoms with E-state index < -0.39 is 0 Å². The summed E-state index contributed by atoms with van der Waals surface area (Å²) in [4.78, 5) is 32.6. The molecule has 0 atom stereocenters. The Morgan fingerprint density at radius 2 is 1.62 bits per heavy atom. The van der Waals surface area contributed by atoms with Gasteiger partial charge in [-0.3, -0.25) is 9.59 Å². The third-order valence-electron chi connectivity index (χ3n) is 7.43. The number of carbonyl (C=O) groups is 2. The molecule has 5 rings (SSSR count). The predicted octanol–water partition coefficient (Wildman–Crippen LogP) is 5.23. The second-order valence-corrected chi connectivity index (χ2v) is 10.6. The Balaban J connectivity index is 1.22. The Morgan fingerprint density at radius 3 is 2.31 bits per heavy atom. The van der Waals surface area contributed by atoms with Crippen molar-refractivity contribution in [2.24, 2.45) is 0 Å². The maximum absolute atomic E-state index is 13.5. The summed E-state index contributed by atoms with van der Waals surface area (Å²) in [5.74, 6) is 1.33. The third kappa shape index (κ3) is 7.44. The third-order valence-corrected chi connectivity index (χ3v) is 7.68. The molecule has 1 aromatic heterocycles. The van der Waals surface area contributed by atoms with Gasteiger partial charge < -0.3 is 19.4 Å². The van der Waals surface area contributed by atoms with E-state index in [1.54, 1.807) is 36.3 Å². The summed E-state index contributed by atoms with van der Waals surface area (Å²) < 4.78 is 5.23. The van der Waals surface area contributed by atoms with Crippen LogP contribution in [-0.4, -0.2) is 78.2 Å². The first-order chi connectivity index (χ1) is 20.5. The Labute approximate surface area is 251 Å². The van der Waals surface area contributed by atoms with Gasteiger partial charge in [0.05, 0.1) is 12.8 Å². The summed E-state index contributed by atoms with van der Waals surface area (Å²) in [6.07, 6.45) is 1.45. The molecule has 2 heterocycles. The van der Waals surface area contributed by atoms with Crippen LogP contribution in [0.3, 0.4) is 0 Å². The molecule has 4 aromatic rings. The molecule has 0 unspecified atom stereocenters. The predicted molar refractivity (Wildman–Crippen MR) is 165 cm³/mol. The van der Waals surface area contributed by atoms with E-state index in [1.165, 1.54) is 0 Å². The molecule has 9 heteroatoms. The maximum atomic E-state index is 13.5. The van der Waals surface area contributed by atoms with Gasteiger partial charge in [0, 0.05) is 48.9 Å². The maximum Gasteiger partial charge on any atom is 0.254 e. The van der Waals surface area contributed by atoms with Crippen molar-refractivity contribution in [2.45, 2.75) is 12.8 Å². The Bertz CT molecular complexity index is 1460. The van der Waals surface area contributed by atoms with E-state index in [9.17, 15) is 9.59 Å². The molecule has 0 radical (unpaired) electrons. The number of anilines is 1. The average molecular weight is 584 g/mol. The molecule has 1 fully saturated rings. The van der Waals surface area contributed by atoms with Crippen LogP contribution in [0.25, 0.3) is 11.3 Å². The number of nitrogens with zero attached hydrogens (tertiary/aromatic N) is 5. The van der Waals surface area contributed by atoms with E-state index in [4.69, 9.17) is 16.3 Å². The molecule has 2 amide bonds. The molecular weight excluding hydrogens is 550 g/mol. The molecule has 0 aliphatic carbocycles. The van der Waals surface area contributed by atoms with Crippen LogP contribution in [0.1, 0.15) is 22.3 Å². The molecule has 1 aliphatic rings. The van der Waals surface area contributed by atoms with Crippen molar-refractivity contribution in [3.63, 3.8) is 0 Å². The number of methoxy groups -OCH3 is 1. The highest BCUT2D eigenvalue weighted by Gasteiger charge is 2.25. The van der Waals surface area contributed by atoms with Gasteiger partial charge in [-0.1, -0.05) is 41.9 Å². The monoisotopic (exact) mass is 583 g/mol. The number of aromatic nitrogens is 2. The Kier molecular flexibility index (Phi) is 9.66. The van der Waals surface area contributed by atoms with E-state index in [0.29, 0.717) is 43.2 Å². The number of ether oxygens (including phenoxy) is 1. The molecule has 1 saturated heterocycles. The summed E-state index contributed by atoms with van der Waals surface area (Å²) in [5.41, 5.74) is 3.38. The van der Waals surface area contributed by atoms with Crippen molar-refractivity contribution in [1.82, 2.24) is 20.0 Å². The van der Waals surface area contributed by atoms with Crippen LogP contribution < -0.4 is 9.64 Å². The van der Waals surface area contributed by atoms with E-state index in [-0.39, 0.29) is 18.4 Å². The standard InChI is InChI=1S/C33H34ClN5O3/c1-42-29-14-10-26(11-15-29)30-16-17-31(36-35-30)37-19-5-20-38(23-22-37)32(40)24-39(21-18-25-6-3-2-4-7-25)33(41)27-8-12-28(34)13-9-27/h2-4,6-17H,5,18-24H2,1H3. The van der Waals surface area contributed by atoms with E-state index in [2.05, 4.69) is 15.1 Å². The Morgan fingerprint density at radius 1 is 0.857 bits per heavy atom. The number of rotatable bonds is 9. The lowest BCUT2D eigenvalue weighted by Crippen LogP contribution is -2.45. The van der Waals surface area contributed by atoms with Crippen LogP contribution in [0.2, 0.25) is 5.02 Å². The van der Waals surface area contributed by atoms with Crippen molar-refractivity contribution >= 4 is 29.2 Å². The smallest absolute Gasteiger partial charge is 0.254 e. The second kappa shape index (κ2) is 14.0. The lowest BCUT2D eigenvalue weighted by atomic mass is 10.1. The zero-order valence-corrected chi connectivity index (χ0v) is 24.4. The van der Waals surface area contributed by atoms with Gasteiger partial charge in [0.15, 0.2) is 5.82 Å². The van der Waals surface area contributed by atoms with Gasteiger partial charge in [0.1, 0.15) is 12.3 Å². The highest BCUT2D eigenvalue weighted by atomic mass is 35.5. The molecule has 42 heavy (non-hydrogen) atoms. The van der Waals surface area contributed by atoms with Crippen molar-refractivity contribution in [2.75, 3.05) is 51.3 Å². The number of hydrogen-bond acceptors (Lipinski definition) is 6. The molecular formula is C33H34ClN5O3. The van der Waals surface area contributed by atoms with Crippen LogP contribution in [0.5, 0.6) is 5.75 Å². The topological polar surface area (TPSA) is 78.9 Å². The van der Waals surface area contributed by atoms with Crippen molar-refractivity contribution in [3.05, 3.63) is 107 Å². The second-order valence-electron chi connectivity index (χ2n) is 10.2. The van der Waals surface area contributed by atoms with Gasteiger partial charge >= 0.3 is 0 Å². The van der Waals surface area contributed by atoms with Gasteiger partial charge in [0.2, 0.25) is 5.91 Å². The van der Waals surface area contributed by atoms with Crippen molar-refractivity contribution in [3.8, 4) is 17.0 Å². The van der Waals surface area contributed by atoms with Crippen LogP contribution >= 0.6 is 11.6 Å². The summed E-state index contributed by atoms with van der Waals surface area (Å²) in [6, 6.07) is 28.4. The highest BCUT2D eigenvalue weighted by Crippen LogP contribution is 2.22. The first-order valence-electron chi connectivity index (χ1n) is 14.1. The quantitative estimate of drug-likeness (QED) is 0.268. The van der Waals surface area contributed by atoms with Gasteiger partial charge in [-0.15, -0.1) is 10.2 Å². The summed E-state index contributed by atoms with van der Waals surface area (Å²) in [5, 5.41) is 9.48. The first-order valence-corrected chi connectivity index (χ1v) is 14.5. The minimum atomic E-state index is -0.181. The average Bonchev–Trinajstić information content (AvgIpc) is 3.30. The molecule has 216 valence electrons. The lowest BCUT2D eigenvalue weighted by molar-refractivity contribution is -0.131. The largest absolute Gasteiger partial charge is 0.497 e. The minimum Gasteiger partial charge on any atom is -0.497 e. The van der Waals surface area contributed by atoms with Crippen LogP contribution in [-0.2, 0) is 11.2 Å². The van der Waals surface area contributed by atoms with E-state index >= 15 is 0 Å². The van der Waals surface area contributed by atoms with Gasteiger partial charge in [-0.25, -0.2) is 0 Å². The molecule has 1 aliphatic heterocycles. The summed E-state index contributed by atoms with van der Waals surface area (Å²) in [6.45, 7) is 3.02. The summed E-state index contributed by atoms with van der Waals surface area (Å²) in [7, 11) is 1.64. The zero-order chi connectivity index (χ0) is 29.3. The number of amides is 2. The van der Waals surface area contributed by atoms with Gasteiger partial charge in [-0.05, 0) is 79.1 Å². The lowest BCUT2D eigenvalue weighted by Gasteiger charge is -2.27. The molecule has 3 aromatic carbocycles. The summed E-state index contributed by atoms with van der Waals surface area (Å²) >= 11 is 6.04. The van der Waals surface area contributed by atoms with Gasteiger partial charge in [-0.2, -0.15) is 0 Å². The van der Waals surface area contributed by atoms with Crippen LogP contribution in [0.15, 0.2) is 91.0 Å². The SMILES string of the molecule is COc1ccc(-c2ccc(N3CCCN(C(=O)CN(CCc4ccccc4)C(=O)c4ccc(Cl)cc4)CC3)nn2)cc1. The fourth-order valence-electron chi connectivity index (χ4n) is 5.01.